The molecule has 2 atom stereocenters. The standard InChI is InChI=1S/C17H22N4O/c1-20(15-8-13-6-7-14(9-15)18-13)17(22)11-21-10-12-4-2-3-5-16(12)19-21/h2-5,10,13-15,18H,6-9,11H2,1H3. The first kappa shape index (κ1) is 13.8. The summed E-state index contributed by atoms with van der Waals surface area (Å²) in [5.41, 5.74) is 0.942. The predicted molar refractivity (Wildman–Crippen MR) is 85.5 cm³/mol. The van der Waals surface area contributed by atoms with Crippen molar-refractivity contribution in [3.63, 3.8) is 0 Å². The van der Waals surface area contributed by atoms with E-state index in [9.17, 15) is 4.79 Å². The second kappa shape index (κ2) is 5.39. The first-order chi connectivity index (χ1) is 10.7. The third-order valence-electron chi connectivity index (χ3n) is 5.15. The molecule has 0 saturated carbocycles. The zero-order chi connectivity index (χ0) is 15.1. The van der Waals surface area contributed by atoms with Gasteiger partial charge in [-0.05, 0) is 31.7 Å². The molecule has 22 heavy (non-hydrogen) atoms. The molecule has 1 amide bonds. The minimum absolute atomic E-state index is 0.152. The smallest absolute Gasteiger partial charge is 0.244 e. The number of fused-ring (bicyclic) bond motifs is 3. The van der Waals surface area contributed by atoms with E-state index in [-0.39, 0.29) is 5.91 Å². The van der Waals surface area contributed by atoms with Gasteiger partial charge in [0.05, 0.1) is 5.52 Å². The van der Waals surface area contributed by atoms with Crippen LogP contribution in [-0.4, -0.2) is 45.8 Å². The van der Waals surface area contributed by atoms with Crippen LogP contribution >= 0.6 is 0 Å². The highest BCUT2D eigenvalue weighted by molar-refractivity contribution is 5.79. The van der Waals surface area contributed by atoms with Crippen LogP contribution in [0.1, 0.15) is 25.7 Å². The highest BCUT2D eigenvalue weighted by atomic mass is 16.2. The molecule has 116 valence electrons. The summed E-state index contributed by atoms with van der Waals surface area (Å²) in [5, 5.41) is 9.19. The summed E-state index contributed by atoms with van der Waals surface area (Å²) in [7, 11) is 1.95. The van der Waals surface area contributed by atoms with E-state index in [1.807, 2.05) is 42.4 Å². The fourth-order valence-electron chi connectivity index (χ4n) is 3.89. The van der Waals surface area contributed by atoms with Crippen LogP contribution < -0.4 is 5.32 Å². The number of nitrogens with one attached hydrogen (secondary N) is 1. The van der Waals surface area contributed by atoms with Gasteiger partial charge < -0.3 is 10.2 Å². The molecule has 2 aliphatic heterocycles. The van der Waals surface area contributed by atoms with E-state index >= 15 is 0 Å². The molecular weight excluding hydrogens is 276 g/mol. The summed E-state index contributed by atoms with van der Waals surface area (Å²) in [5.74, 6) is 0.152. The molecule has 5 heteroatoms. The summed E-state index contributed by atoms with van der Waals surface area (Å²) < 4.78 is 1.76. The number of carbonyl (C=O) groups is 1. The van der Waals surface area contributed by atoms with Gasteiger partial charge in [-0.2, -0.15) is 5.10 Å². The molecule has 0 radical (unpaired) electrons. The topological polar surface area (TPSA) is 50.2 Å². The Kier molecular flexibility index (Phi) is 3.37. The van der Waals surface area contributed by atoms with Gasteiger partial charge in [0.25, 0.3) is 0 Å². The van der Waals surface area contributed by atoms with Gasteiger partial charge in [-0.15, -0.1) is 0 Å². The summed E-state index contributed by atoms with van der Waals surface area (Å²) >= 11 is 0. The minimum atomic E-state index is 0.152. The lowest BCUT2D eigenvalue weighted by Gasteiger charge is -2.35. The molecule has 2 fully saturated rings. The summed E-state index contributed by atoms with van der Waals surface area (Å²) in [6.07, 6.45) is 6.63. The minimum Gasteiger partial charge on any atom is -0.341 e. The van der Waals surface area contributed by atoms with Gasteiger partial charge in [0, 0.05) is 36.8 Å². The maximum atomic E-state index is 12.6. The monoisotopic (exact) mass is 298 g/mol. The van der Waals surface area contributed by atoms with Crippen LogP contribution in [-0.2, 0) is 11.3 Å². The Bertz CT molecular complexity index is 650. The quantitative estimate of drug-likeness (QED) is 0.939. The number of aromatic nitrogens is 2. The summed E-state index contributed by atoms with van der Waals surface area (Å²) in [6, 6.07) is 9.54. The van der Waals surface area contributed by atoms with Gasteiger partial charge in [0.15, 0.2) is 0 Å². The molecule has 2 unspecified atom stereocenters. The van der Waals surface area contributed by atoms with Crippen LogP contribution in [0.15, 0.2) is 30.5 Å². The SMILES string of the molecule is CN(C(=O)Cn1cc2ccccc2n1)C1CC2CCC(C1)N2. The third kappa shape index (κ3) is 2.50. The molecule has 5 nitrogen and oxygen atoms in total. The van der Waals surface area contributed by atoms with E-state index in [1.54, 1.807) is 4.68 Å². The Morgan fingerprint density at radius 1 is 1.32 bits per heavy atom. The molecular formula is C17H22N4O. The van der Waals surface area contributed by atoms with E-state index in [4.69, 9.17) is 0 Å². The van der Waals surface area contributed by atoms with E-state index in [1.165, 1.54) is 12.8 Å². The van der Waals surface area contributed by atoms with E-state index < -0.39 is 0 Å². The molecule has 1 N–H and O–H groups in total. The van der Waals surface area contributed by atoms with Crippen LogP contribution in [0.3, 0.4) is 0 Å². The number of hydrogen-bond donors (Lipinski definition) is 1. The van der Waals surface area contributed by atoms with Crippen molar-refractivity contribution in [1.82, 2.24) is 20.0 Å². The fraction of sp³-hybridized carbons (Fsp3) is 0.529. The third-order valence-corrected chi connectivity index (χ3v) is 5.15. The fourth-order valence-corrected chi connectivity index (χ4v) is 3.89. The lowest BCUT2D eigenvalue weighted by atomic mass is 9.98. The average molecular weight is 298 g/mol. The van der Waals surface area contributed by atoms with Crippen LogP contribution in [0.25, 0.3) is 10.9 Å². The first-order valence-corrected chi connectivity index (χ1v) is 8.13. The number of piperidine rings is 1. The van der Waals surface area contributed by atoms with Gasteiger partial charge in [-0.3, -0.25) is 9.48 Å². The molecule has 2 bridgehead atoms. The van der Waals surface area contributed by atoms with Crippen molar-refractivity contribution in [3.05, 3.63) is 30.5 Å². The maximum Gasteiger partial charge on any atom is 0.244 e. The van der Waals surface area contributed by atoms with Crippen molar-refractivity contribution in [2.45, 2.75) is 50.4 Å². The van der Waals surface area contributed by atoms with Crippen molar-refractivity contribution in [3.8, 4) is 0 Å². The largest absolute Gasteiger partial charge is 0.341 e. The van der Waals surface area contributed by atoms with Crippen molar-refractivity contribution in [2.75, 3.05) is 7.05 Å². The summed E-state index contributed by atoms with van der Waals surface area (Å²) in [6.45, 7) is 0.324. The van der Waals surface area contributed by atoms with Crippen LogP contribution in [0.5, 0.6) is 0 Å². The van der Waals surface area contributed by atoms with E-state index in [2.05, 4.69) is 10.4 Å². The molecule has 3 heterocycles. The van der Waals surface area contributed by atoms with Gasteiger partial charge in [-0.25, -0.2) is 0 Å². The normalized spacial score (nSPS) is 27.2. The Labute approximate surface area is 130 Å². The molecule has 0 spiro atoms. The number of benzene rings is 1. The van der Waals surface area contributed by atoms with Crippen molar-refractivity contribution < 1.29 is 4.79 Å². The highest BCUT2D eigenvalue weighted by Crippen LogP contribution is 2.29. The van der Waals surface area contributed by atoms with E-state index in [0.717, 1.165) is 23.7 Å². The second-order valence-electron chi connectivity index (χ2n) is 6.65. The van der Waals surface area contributed by atoms with Crippen LogP contribution in [0.4, 0.5) is 0 Å². The molecule has 0 aliphatic carbocycles. The van der Waals surface area contributed by atoms with Crippen molar-refractivity contribution >= 4 is 16.8 Å². The zero-order valence-electron chi connectivity index (χ0n) is 12.9. The molecule has 2 aromatic rings. The number of nitrogens with zero attached hydrogens (tertiary/aromatic N) is 3. The number of hydrogen-bond acceptors (Lipinski definition) is 3. The molecule has 4 rings (SSSR count). The average Bonchev–Trinajstić information content (AvgIpc) is 3.08. The molecule has 1 aromatic carbocycles. The molecule has 1 aromatic heterocycles. The Morgan fingerprint density at radius 2 is 2.05 bits per heavy atom. The number of rotatable bonds is 3. The lowest BCUT2D eigenvalue weighted by molar-refractivity contribution is -0.133. The second-order valence-corrected chi connectivity index (χ2v) is 6.65. The van der Waals surface area contributed by atoms with Gasteiger partial charge in [0.2, 0.25) is 5.91 Å². The van der Waals surface area contributed by atoms with Crippen LogP contribution in [0.2, 0.25) is 0 Å². The molecule has 2 aliphatic rings. The predicted octanol–water partition coefficient (Wildman–Crippen LogP) is 1.78. The maximum absolute atomic E-state index is 12.6. The Morgan fingerprint density at radius 3 is 2.77 bits per heavy atom. The Balaban J connectivity index is 1.44. The highest BCUT2D eigenvalue weighted by Gasteiger charge is 2.36. The summed E-state index contributed by atoms with van der Waals surface area (Å²) in [4.78, 5) is 14.5. The molecule has 2 saturated heterocycles. The first-order valence-electron chi connectivity index (χ1n) is 8.13. The zero-order valence-corrected chi connectivity index (χ0v) is 12.9. The van der Waals surface area contributed by atoms with Crippen molar-refractivity contribution in [1.29, 1.82) is 0 Å². The number of carbonyl (C=O) groups excluding carboxylic acids is 1. The Hall–Kier alpha value is -1.88. The van der Waals surface area contributed by atoms with Crippen molar-refractivity contribution in [2.24, 2.45) is 0 Å². The van der Waals surface area contributed by atoms with Gasteiger partial charge in [0.1, 0.15) is 6.54 Å². The lowest BCUT2D eigenvalue weighted by Crippen LogP contribution is -2.49. The number of amides is 1. The van der Waals surface area contributed by atoms with Gasteiger partial charge >= 0.3 is 0 Å². The van der Waals surface area contributed by atoms with E-state index in [0.29, 0.717) is 24.7 Å². The van der Waals surface area contributed by atoms with Crippen LogP contribution in [0, 0.1) is 0 Å². The number of likely N-dealkylation sites (N-methyl/N-ethyl adjacent to an activating group) is 1. The van der Waals surface area contributed by atoms with Gasteiger partial charge in [-0.1, -0.05) is 18.2 Å².